The summed E-state index contributed by atoms with van der Waals surface area (Å²) in [5, 5.41) is 2.80. The maximum atomic E-state index is 13.5. The van der Waals surface area contributed by atoms with Crippen molar-refractivity contribution < 1.29 is 23.1 Å². The van der Waals surface area contributed by atoms with Gasteiger partial charge in [-0.05, 0) is 55.0 Å². The highest BCUT2D eigenvalue weighted by Gasteiger charge is 2.35. The van der Waals surface area contributed by atoms with Crippen molar-refractivity contribution in [1.29, 1.82) is 0 Å². The van der Waals surface area contributed by atoms with Crippen molar-refractivity contribution in [2.75, 3.05) is 16.8 Å². The number of hydrogen-bond acceptors (Lipinski definition) is 4. The Hall–Kier alpha value is -3.81. The van der Waals surface area contributed by atoms with Crippen LogP contribution in [0.3, 0.4) is 0 Å². The van der Waals surface area contributed by atoms with Gasteiger partial charge in [0.2, 0.25) is 11.8 Å². The molecule has 2 aromatic carbocycles. The van der Waals surface area contributed by atoms with Crippen LogP contribution >= 0.6 is 0 Å². The number of carbonyl (C=O) groups excluding carboxylic acids is 2. The van der Waals surface area contributed by atoms with Gasteiger partial charge in [0.25, 0.3) is 0 Å². The number of aromatic nitrogens is 1. The Bertz CT molecular complexity index is 1120. The van der Waals surface area contributed by atoms with Crippen LogP contribution < -0.4 is 15.0 Å². The molecule has 6 nitrogen and oxygen atoms in total. The van der Waals surface area contributed by atoms with Crippen LogP contribution in [-0.4, -0.2) is 23.3 Å². The zero-order valence-electron chi connectivity index (χ0n) is 16.6. The smallest absolute Gasteiger partial charge is 0.229 e. The summed E-state index contributed by atoms with van der Waals surface area (Å²) in [5.41, 5.74) is 1.47. The predicted octanol–water partition coefficient (Wildman–Crippen LogP) is 4.45. The zero-order valence-corrected chi connectivity index (χ0v) is 16.6. The van der Waals surface area contributed by atoms with E-state index in [1.165, 1.54) is 4.90 Å². The third kappa shape index (κ3) is 4.69. The molecule has 4 rings (SSSR count). The Kier molecular flexibility index (Phi) is 5.62. The van der Waals surface area contributed by atoms with Crippen LogP contribution in [-0.2, 0) is 9.59 Å². The second kappa shape index (κ2) is 8.51. The summed E-state index contributed by atoms with van der Waals surface area (Å²) in [4.78, 5) is 30.2. The molecule has 31 heavy (non-hydrogen) atoms. The fourth-order valence-electron chi connectivity index (χ4n) is 3.45. The average molecular weight is 423 g/mol. The van der Waals surface area contributed by atoms with Crippen LogP contribution in [0.4, 0.5) is 20.2 Å². The minimum atomic E-state index is -0.778. The van der Waals surface area contributed by atoms with E-state index >= 15 is 0 Å². The number of hydrogen-bond donors (Lipinski definition) is 1. The molecule has 2 amide bonds. The SMILES string of the molecule is Cc1cc(NC(=O)C2CC(=O)N(c3cc(F)cc(F)c3)C2)ccc1Oc1cccnc1. The van der Waals surface area contributed by atoms with Gasteiger partial charge in [-0.1, -0.05) is 0 Å². The fraction of sp³-hybridized carbons (Fsp3) is 0.174. The highest BCUT2D eigenvalue weighted by atomic mass is 19.1. The molecule has 3 aromatic rings. The highest BCUT2D eigenvalue weighted by Crippen LogP contribution is 2.29. The topological polar surface area (TPSA) is 71.5 Å². The van der Waals surface area contributed by atoms with Gasteiger partial charge in [-0.25, -0.2) is 8.78 Å². The minimum absolute atomic E-state index is 0.0366. The molecule has 0 aliphatic carbocycles. The van der Waals surface area contributed by atoms with Gasteiger partial charge in [-0.15, -0.1) is 0 Å². The molecule has 1 aliphatic rings. The van der Waals surface area contributed by atoms with Gasteiger partial charge in [0.05, 0.1) is 12.1 Å². The molecule has 0 radical (unpaired) electrons. The Morgan fingerprint density at radius 2 is 1.94 bits per heavy atom. The van der Waals surface area contributed by atoms with E-state index in [4.69, 9.17) is 4.74 Å². The van der Waals surface area contributed by atoms with Crippen molar-refractivity contribution in [2.24, 2.45) is 5.92 Å². The number of nitrogens with one attached hydrogen (secondary N) is 1. The lowest BCUT2D eigenvalue weighted by atomic mass is 10.1. The van der Waals surface area contributed by atoms with Crippen LogP contribution in [0.2, 0.25) is 0 Å². The lowest BCUT2D eigenvalue weighted by Gasteiger charge is -2.17. The van der Waals surface area contributed by atoms with E-state index in [0.717, 1.165) is 23.8 Å². The quantitative estimate of drug-likeness (QED) is 0.658. The van der Waals surface area contributed by atoms with Gasteiger partial charge in [0, 0.05) is 36.6 Å². The second-order valence-electron chi connectivity index (χ2n) is 7.29. The summed E-state index contributed by atoms with van der Waals surface area (Å²) in [5.74, 6) is -1.67. The molecule has 2 heterocycles. The van der Waals surface area contributed by atoms with Crippen molar-refractivity contribution >= 4 is 23.2 Å². The molecule has 1 unspecified atom stereocenters. The number of carbonyl (C=O) groups is 2. The molecule has 0 saturated carbocycles. The molecule has 1 aliphatic heterocycles. The number of pyridine rings is 1. The lowest BCUT2D eigenvalue weighted by molar-refractivity contribution is -0.122. The van der Waals surface area contributed by atoms with Gasteiger partial charge in [0.1, 0.15) is 23.1 Å². The van der Waals surface area contributed by atoms with E-state index in [2.05, 4.69) is 10.3 Å². The van der Waals surface area contributed by atoms with E-state index in [-0.39, 0.29) is 30.5 Å². The first kappa shape index (κ1) is 20.5. The number of anilines is 2. The predicted molar refractivity (Wildman–Crippen MR) is 111 cm³/mol. The van der Waals surface area contributed by atoms with Gasteiger partial charge >= 0.3 is 0 Å². The van der Waals surface area contributed by atoms with Crippen molar-refractivity contribution in [2.45, 2.75) is 13.3 Å². The summed E-state index contributed by atoms with van der Waals surface area (Å²) < 4.78 is 32.8. The van der Waals surface area contributed by atoms with Crippen LogP contribution in [0.5, 0.6) is 11.5 Å². The molecule has 0 spiro atoms. The van der Waals surface area contributed by atoms with Crippen molar-refractivity contribution in [3.8, 4) is 11.5 Å². The fourth-order valence-corrected chi connectivity index (χ4v) is 3.45. The Balaban J connectivity index is 1.42. The molecule has 1 N–H and O–H groups in total. The molecule has 1 saturated heterocycles. The number of nitrogens with zero attached hydrogens (tertiary/aromatic N) is 2. The molecule has 1 aromatic heterocycles. The van der Waals surface area contributed by atoms with Gasteiger partial charge < -0.3 is 15.0 Å². The molecule has 0 bridgehead atoms. The van der Waals surface area contributed by atoms with Crippen LogP contribution in [0.15, 0.2) is 60.9 Å². The van der Waals surface area contributed by atoms with Crippen molar-refractivity contribution in [3.05, 3.63) is 78.1 Å². The largest absolute Gasteiger partial charge is 0.455 e. The normalized spacial score (nSPS) is 15.8. The summed E-state index contributed by atoms with van der Waals surface area (Å²) >= 11 is 0. The summed E-state index contributed by atoms with van der Waals surface area (Å²) in [6.45, 7) is 1.90. The maximum Gasteiger partial charge on any atom is 0.229 e. The number of benzene rings is 2. The first-order valence-electron chi connectivity index (χ1n) is 9.65. The summed E-state index contributed by atoms with van der Waals surface area (Å²) in [6, 6.07) is 11.6. The van der Waals surface area contributed by atoms with Crippen molar-refractivity contribution in [1.82, 2.24) is 4.98 Å². The Morgan fingerprint density at radius 3 is 2.61 bits per heavy atom. The maximum absolute atomic E-state index is 13.5. The standard InChI is InChI=1S/C23H19F2N3O3/c1-14-7-18(4-5-21(14)31-20-3-2-6-26-12-20)27-23(30)15-8-22(29)28(13-15)19-10-16(24)9-17(25)11-19/h2-7,9-12,15H,8,13H2,1H3,(H,27,30). The highest BCUT2D eigenvalue weighted by molar-refractivity contribution is 6.03. The third-order valence-electron chi connectivity index (χ3n) is 4.96. The van der Waals surface area contributed by atoms with E-state index in [1.807, 2.05) is 6.92 Å². The molecule has 1 atom stereocenters. The second-order valence-corrected chi connectivity index (χ2v) is 7.29. The van der Waals surface area contributed by atoms with E-state index in [1.54, 1.807) is 42.7 Å². The van der Waals surface area contributed by atoms with E-state index in [0.29, 0.717) is 17.2 Å². The minimum Gasteiger partial charge on any atom is -0.455 e. The molecule has 1 fully saturated rings. The molecular weight excluding hydrogens is 404 g/mol. The van der Waals surface area contributed by atoms with Gasteiger partial charge in [0.15, 0.2) is 0 Å². The first-order valence-corrected chi connectivity index (χ1v) is 9.65. The Labute approximate surface area is 177 Å². The molecule has 158 valence electrons. The van der Waals surface area contributed by atoms with Crippen LogP contribution in [0.25, 0.3) is 0 Å². The molecule has 8 heteroatoms. The van der Waals surface area contributed by atoms with Gasteiger partial charge in [-0.2, -0.15) is 0 Å². The Morgan fingerprint density at radius 1 is 1.16 bits per heavy atom. The monoisotopic (exact) mass is 423 g/mol. The summed E-state index contributed by atoms with van der Waals surface area (Å²) in [7, 11) is 0. The number of halogens is 2. The van der Waals surface area contributed by atoms with Gasteiger partial charge in [-0.3, -0.25) is 14.6 Å². The first-order chi connectivity index (χ1) is 14.9. The lowest BCUT2D eigenvalue weighted by Crippen LogP contribution is -2.28. The van der Waals surface area contributed by atoms with Crippen LogP contribution in [0, 0.1) is 24.5 Å². The number of amides is 2. The van der Waals surface area contributed by atoms with E-state index < -0.39 is 17.6 Å². The van der Waals surface area contributed by atoms with Crippen molar-refractivity contribution in [3.63, 3.8) is 0 Å². The average Bonchev–Trinajstić information content (AvgIpc) is 3.12. The summed E-state index contributed by atoms with van der Waals surface area (Å²) in [6.07, 6.45) is 3.21. The van der Waals surface area contributed by atoms with Crippen LogP contribution in [0.1, 0.15) is 12.0 Å². The molecular formula is C23H19F2N3O3. The number of aryl methyl sites for hydroxylation is 1. The number of ether oxygens (including phenoxy) is 1. The third-order valence-corrected chi connectivity index (χ3v) is 4.96. The van der Waals surface area contributed by atoms with E-state index in [9.17, 15) is 18.4 Å². The number of rotatable bonds is 5. The zero-order chi connectivity index (χ0) is 22.0.